The first-order valence-corrected chi connectivity index (χ1v) is 4.33. The highest BCUT2D eigenvalue weighted by molar-refractivity contribution is 5.89. The summed E-state index contributed by atoms with van der Waals surface area (Å²) < 4.78 is 0. The van der Waals surface area contributed by atoms with Gasteiger partial charge in [0.2, 0.25) is 5.91 Å². The Labute approximate surface area is 76.9 Å². The minimum absolute atomic E-state index is 0.00907. The standard InChI is InChI=1S/C8H14N4O/c1-2-9-5-4-8(13)11-7-3-6-10-12-7/h3,6,9H,2,4-5H2,1H3,(H2,10,11,12,13). The van der Waals surface area contributed by atoms with Crippen LogP contribution in [-0.4, -0.2) is 29.2 Å². The second-order valence-corrected chi connectivity index (χ2v) is 2.62. The van der Waals surface area contributed by atoms with Gasteiger partial charge >= 0.3 is 0 Å². The second kappa shape index (κ2) is 5.31. The Morgan fingerprint density at radius 3 is 3.15 bits per heavy atom. The van der Waals surface area contributed by atoms with Crippen LogP contribution in [0.1, 0.15) is 13.3 Å². The van der Waals surface area contributed by atoms with Crippen LogP contribution in [0.3, 0.4) is 0 Å². The van der Waals surface area contributed by atoms with Crippen molar-refractivity contribution in [2.75, 3.05) is 18.4 Å². The molecule has 0 aliphatic rings. The third kappa shape index (κ3) is 3.71. The summed E-state index contributed by atoms with van der Waals surface area (Å²) in [6.45, 7) is 3.60. The quantitative estimate of drug-likeness (QED) is 0.575. The molecule has 0 fully saturated rings. The Morgan fingerprint density at radius 1 is 1.69 bits per heavy atom. The number of aromatic amines is 1. The number of hydrogen-bond donors (Lipinski definition) is 3. The highest BCUT2D eigenvalue weighted by Crippen LogP contribution is 1.98. The van der Waals surface area contributed by atoms with Gasteiger partial charge in [0.15, 0.2) is 0 Å². The largest absolute Gasteiger partial charge is 0.316 e. The van der Waals surface area contributed by atoms with Crippen LogP contribution in [0, 0.1) is 0 Å². The summed E-state index contributed by atoms with van der Waals surface area (Å²) in [5.74, 6) is 0.631. The minimum atomic E-state index is -0.00907. The van der Waals surface area contributed by atoms with Gasteiger partial charge in [0.25, 0.3) is 0 Å². The Balaban J connectivity index is 2.18. The van der Waals surface area contributed by atoms with Crippen molar-refractivity contribution in [3.8, 4) is 0 Å². The van der Waals surface area contributed by atoms with Gasteiger partial charge in [0, 0.05) is 19.0 Å². The summed E-state index contributed by atoms with van der Waals surface area (Å²) in [5, 5.41) is 12.1. The molecule has 0 bridgehead atoms. The number of H-pyrrole nitrogens is 1. The molecule has 1 amide bonds. The minimum Gasteiger partial charge on any atom is -0.316 e. The van der Waals surface area contributed by atoms with E-state index in [2.05, 4.69) is 20.8 Å². The molecule has 3 N–H and O–H groups in total. The summed E-state index contributed by atoms with van der Waals surface area (Å²) in [6, 6.07) is 1.71. The predicted molar refractivity (Wildman–Crippen MR) is 50.4 cm³/mol. The number of nitrogens with one attached hydrogen (secondary N) is 3. The van der Waals surface area contributed by atoms with E-state index in [0.717, 1.165) is 6.54 Å². The van der Waals surface area contributed by atoms with Crippen LogP contribution < -0.4 is 10.6 Å². The van der Waals surface area contributed by atoms with Gasteiger partial charge in [-0.05, 0) is 6.54 Å². The van der Waals surface area contributed by atoms with Crippen molar-refractivity contribution in [3.63, 3.8) is 0 Å². The van der Waals surface area contributed by atoms with E-state index in [1.54, 1.807) is 12.3 Å². The molecule has 0 radical (unpaired) electrons. The predicted octanol–water partition coefficient (Wildman–Crippen LogP) is 0.348. The van der Waals surface area contributed by atoms with E-state index >= 15 is 0 Å². The molecular weight excluding hydrogens is 168 g/mol. The number of carbonyl (C=O) groups is 1. The van der Waals surface area contributed by atoms with Crippen LogP contribution in [-0.2, 0) is 4.79 Å². The Morgan fingerprint density at radius 2 is 2.54 bits per heavy atom. The van der Waals surface area contributed by atoms with Crippen LogP contribution in [0.4, 0.5) is 5.82 Å². The van der Waals surface area contributed by atoms with E-state index in [1.807, 2.05) is 6.92 Å². The lowest BCUT2D eigenvalue weighted by Gasteiger charge is -2.02. The Bertz CT molecular complexity index is 245. The summed E-state index contributed by atoms with van der Waals surface area (Å²) in [4.78, 5) is 11.2. The van der Waals surface area contributed by atoms with Crippen molar-refractivity contribution < 1.29 is 4.79 Å². The molecule has 0 spiro atoms. The first-order valence-electron chi connectivity index (χ1n) is 4.33. The molecule has 5 heteroatoms. The summed E-state index contributed by atoms with van der Waals surface area (Å²) in [6.07, 6.45) is 2.08. The third-order valence-corrected chi connectivity index (χ3v) is 1.55. The molecule has 1 aromatic heterocycles. The topological polar surface area (TPSA) is 69.8 Å². The zero-order chi connectivity index (χ0) is 9.52. The van der Waals surface area contributed by atoms with Gasteiger partial charge in [-0.3, -0.25) is 9.89 Å². The maximum atomic E-state index is 11.2. The van der Waals surface area contributed by atoms with Crippen molar-refractivity contribution in [2.45, 2.75) is 13.3 Å². The van der Waals surface area contributed by atoms with Gasteiger partial charge in [0.05, 0.1) is 6.20 Å². The zero-order valence-corrected chi connectivity index (χ0v) is 7.63. The smallest absolute Gasteiger partial charge is 0.226 e. The number of carbonyl (C=O) groups excluding carboxylic acids is 1. The van der Waals surface area contributed by atoms with Crippen molar-refractivity contribution in [3.05, 3.63) is 12.3 Å². The highest BCUT2D eigenvalue weighted by atomic mass is 16.1. The summed E-state index contributed by atoms with van der Waals surface area (Å²) in [7, 11) is 0. The lowest BCUT2D eigenvalue weighted by Crippen LogP contribution is -2.21. The molecule has 0 atom stereocenters. The number of anilines is 1. The number of rotatable bonds is 5. The van der Waals surface area contributed by atoms with E-state index < -0.39 is 0 Å². The number of amides is 1. The van der Waals surface area contributed by atoms with Crippen LogP contribution in [0.2, 0.25) is 0 Å². The maximum Gasteiger partial charge on any atom is 0.226 e. The number of nitrogens with zero attached hydrogens (tertiary/aromatic N) is 1. The molecule has 0 saturated carbocycles. The summed E-state index contributed by atoms with van der Waals surface area (Å²) >= 11 is 0. The molecular formula is C8H14N4O. The molecule has 72 valence electrons. The fraction of sp³-hybridized carbons (Fsp3) is 0.500. The first-order chi connectivity index (χ1) is 6.33. The van der Waals surface area contributed by atoms with Crippen LogP contribution >= 0.6 is 0 Å². The van der Waals surface area contributed by atoms with E-state index in [9.17, 15) is 4.79 Å². The van der Waals surface area contributed by atoms with Crippen LogP contribution in [0.25, 0.3) is 0 Å². The fourth-order valence-electron chi connectivity index (χ4n) is 0.917. The van der Waals surface area contributed by atoms with Crippen molar-refractivity contribution in [1.82, 2.24) is 15.5 Å². The summed E-state index contributed by atoms with van der Waals surface area (Å²) in [5.41, 5.74) is 0. The molecule has 0 aliphatic heterocycles. The third-order valence-electron chi connectivity index (χ3n) is 1.55. The maximum absolute atomic E-state index is 11.2. The monoisotopic (exact) mass is 182 g/mol. The molecule has 1 rings (SSSR count). The van der Waals surface area contributed by atoms with Gasteiger partial charge in [-0.25, -0.2) is 0 Å². The average molecular weight is 182 g/mol. The zero-order valence-electron chi connectivity index (χ0n) is 7.63. The first kappa shape index (κ1) is 9.73. The van der Waals surface area contributed by atoms with E-state index in [0.29, 0.717) is 18.8 Å². The average Bonchev–Trinajstić information content (AvgIpc) is 2.57. The van der Waals surface area contributed by atoms with Crippen LogP contribution in [0.15, 0.2) is 12.3 Å². The molecule has 0 unspecified atom stereocenters. The number of aromatic nitrogens is 2. The Hall–Kier alpha value is -1.36. The van der Waals surface area contributed by atoms with Gasteiger partial charge in [-0.15, -0.1) is 0 Å². The van der Waals surface area contributed by atoms with Crippen LogP contribution in [0.5, 0.6) is 0 Å². The second-order valence-electron chi connectivity index (χ2n) is 2.62. The van der Waals surface area contributed by atoms with Crippen molar-refractivity contribution >= 4 is 11.7 Å². The van der Waals surface area contributed by atoms with Crippen molar-refractivity contribution in [2.24, 2.45) is 0 Å². The Kier molecular flexibility index (Phi) is 3.98. The van der Waals surface area contributed by atoms with E-state index in [1.165, 1.54) is 0 Å². The number of hydrogen-bond acceptors (Lipinski definition) is 3. The normalized spacial score (nSPS) is 9.92. The van der Waals surface area contributed by atoms with Crippen molar-refractivity contribution in [1.29, 1.82) is 0 Å². The van der Waals surface area contributed by atoms with Gasteiger partial charge < -0.3 is 10.6 Å². The molecule has 1 heterocycles. The van der Waals surface area contributed by atoms with E-state index in [4.69, 9.17) is 0 Å². The molecule has 13 heavy (non-hydrogen) atoms. The molecule has 1 aromatic rings. The lowest BCUT2D eigenvalue weighted by atomic mass is 10.4. The lowest BCUT2D eigenvalue weighted by molar-refractivity contribution is -0.116. The van der Waals surface area contributed by atoms with Gasteiger partial charge in [0.1, 0.15) is 5.82 Å². The molecule has 0 aliphatic carbocycles. The molecule has 0 aromatic carbocycles. The van der Waals surface area contributed by atoms with E-state index in [-0.39, 0.29) is 5.91 Å². The van der Waals surface area contributed by atoms with Gasteiger partial charge in [-0.2, -0.15) is 5.10 Å². The highest BCUT2D eigenvalue weighted by Gasteiger charge is 2.01. The molecule has 0 saturated heterocycles. The SMILES string of the molecule is CCNCCC(=O)Nc1ccn[nH]1. The van der Waals surface area contributed by atoms with Gasteiger partial charge in [-0.1, -0.05) is 6.92 Å². The fourth-order valence-corrected chi connectivity index (χ4v) is 0.917. The molecule has 5 nitrogen and oxygen atoms in total.